The Bertz CT molecular complexity index is 234. The topological polar surface area (TPSA) is 52.2 Å². The van der Waals surface area contributed by atoms with Gasteiger partial charge in [0.1, 0.15) is 0 Å². The third kappa shape index (κ3) is 4.55. The van der Waals surface area contributed by atoms with Crippen molar-refractivity contribution in [2.24, 2.45) is 0 Å². The molecule has 3 nitrogen and oxygen atoms in total. The van der Waals surface area contributed by atoms with Crippen LogP contribution in [0.1, 0.15) is 1.43 Å². The molecule has 0 saturated heterocycles. The van der Waals surface area contributed by atoms with E-state index in [-0.39, 0.29) is 31.0 Å². The van der Waals surface area contributed by atoms with Gasteiger partial charge in [-0.05, 0) is 12.1 Å². The molecule has 1 atom stereocenters. The van der Waals surface area contributed by atoms with Crippen LogP contribution in [0.2, 0.25) is 0 Å². The average molecular weight is 180 g/mol. The Morgan fingerprint density at radius 1 is 1.36 bits per heavy atom. The second-order valence-corrected chi connectivity index (χ2v) is 2.38. The summed E-state index contributed by atoms with van der Waals surface area (Å²) in [6.45, 7) is 0. The quantitative estimate of drug-likeness (QED) is 0.423. The van der Waals surface area contributed by atoms with E-state index in [1.807, 2.05) is 6.07 Å². The zero-order valence-electron chi connectivity index (χ0n) is 7.11. The van der Waals surface area contributed by atoms with Crippen molar-refractivity contribution in [3.63, 3.8) is 0 Å². The van der Waals surface area contributed by atoms with E-state index in [1.165, 1.54) is 0 Å². The Labute approximate surface area is 91.4 Å². The van der Waals surface area contributed by atoms with Gasteiger partial charge in [0, 0.05) is 17.0 Å². The van der Waals surface area contributed by atoms with Crippen LogP contribution in [-0.2, 0) is 11.3 Å². The van der Waals surface area contributed by atoms with Crippen molar-refractivity contribution >= 4 is 17.0 Å². The summed E-state index contributed by atoms with van der Waals surface area (Å²) >= 11 is -2.22. The maximum absolute atomic E-state index is 10.1. The van der Waals surface area contributed by atoms with Crippen molar-refractivity contribution in [3.8, 4) is 0 Å². The molecule has 1 unspecified atom stereocenters. The molecule has 0 bridgehead atoms. The Hall–Kier alpha value is 0.130. The molecule has 0 fully saturated rings. The fraction of sp³-hybridized carbons (Fsp3) is 0. The van der Waals surface area contributed by atoms with E-state index in [0.29, 0.717) is 5.69 Å². The zero-order chi connectivity index (χ0) is 7.40. The molecule has 0 amide bonds. The minimum atomic E-state index is -2.22. The predicted molar refractivity (Wildman–Crippen MR) is 40.1 cm³/mol. The molecule has 1 rings (SSSR count). The number of para-hydroxylation sites is 1. The molecule has 1 aromatic carbocycles. The molecule has 0 aliphatic carbocycles. The van der Waals surface area contributed by atoms with Gasteiger partial charge in [0.2, 0.25) is 0 Å². The summed E-state index contributed by atoms with van der Waals surface area (Å²) in [5.41, 5.74) is 0.579. The van der Waals surface area contributed by atoms with E-state index in [1.54, 1.807) is 24.3 Å². The van der Waals surface area contributed by atoms with Crippen LogP contribution in [0.5, 0.6) is 0 Å². The third-order valence-electron chi connectivity index (χ3n) is 0.975. The van der Waals surface area contributed by atoms with Gasteiger partial charge in [-0.15, -0.1) is 0 Å². The molecular formula is C6H7NNaO2S-. The summed E-state index contributed by atoms with van der Waals surface area (Å²) in [6, 6.07) is 8.69. The molecule has 0 aromatic heterocycles. The Kier molecular flexibility index (Phi) is 5.81. The molecule has 0 radical (unpaired) electrons. The second-order valence-electron chi connectivity index (χ2n) is 1.70. The van der Waals surface area contributed by atoms with Crippen molar-refractivity contribution in [1.29, 1.82) is 0 Å². The van der Waals surface area contributed by atoms with Gasteiger partial charge in [-0.3, -0.25) is 4.21 Å². The molecular weight excluding hydrogens is 173 g/mol. The van der Waals surface area contributed by atoms with E-state index in [2.05, 4.69) is 4.72 Å². The van der Waals surface area contributed by atoms with Gasteiger partial charge in [-0.25, -0.2) is 0 Å². The van der Waals surface area contributed by atoms with Crippen molar-refractivity contribution in [2.45, 2.75) is 0 Å². The fourth-order valence-electron chi connectivity index (χ4n) is 0.602. The predicted octanol–water partition coefficient (Wildman–Crippen LogP) is -1.99. The first-order chi connectivity index (χ1) is 4.79. The first-order valence-corrected chi connectivity index (χ1v) is 3.77. The zero-order valence-corrected chi connectivity index (χ0v) is 8.93. The van der Waals surface area contributed by atoms with E-state index in [9.17, 15) is 8.76 Å². The van der Waals surface area contributed by atoms with E-state index >= 15 is 0 Å². The molecule has 0 spiro atoms. The molecule has 1 aromatic rings. The van der Waals surface area contributed by atoms with Crippen molar-refractivity contribution < 1.29 is 39.7 Å². The van der Waals surface area contributed by atoms with Crippen LogP contribution in [0.15, 0.2) is 30.3 Å². The van der Waals surface area contributed by atoms with Crippen molar-refractivity contribution in [2.75, 3.05) is 4.72 Å². The van der Waals surface area contributed by atoms with Gasteiger partial charge in [-0.1, -0.05) is 18.2 Å². The molecule has 56 valence electrons. The summed E-state index contributed by atoms with van der Waals surface area (Å²) in [6.07, 6.45) is 0. The van der Waals surface area contributed by atoms with Crippen LogP contribution in [-0.4, -0.2) is 8.76 Å². The monoisotopic (exact) mass is 180 g/mol. The molecule has 0 heterocycles. The second kappa shape index (κ2) is 5.74. The number of rotatable bonds is 2. The number of nitrogens with one attached hydrogen (secondary N) is 1. The standard InChI is InChI=1S/C6H7NO2S.Na.H/c8-10(9)7-6-4-2-1-3-5-6;;/h1-5,7H,(H,8,9);;/q;+1;-1/p-1. The minimum Gasteiger partial charge on any atom is -1.00 e. The van der Waals surface area contributed by atoms with Gasteiger partial charge in [0.15, 0.2) is 0 Å². The third-order valence-corrected chi connectivity index (χ3v) is 1.38. The van der Waals surface area contributed by atoms with E-state index in [0.717, 1.165) is 0 Å². The summed E-state index contributed by atoms with van der Waals surface area (Å²) in [5.74, 6) is 0. The van der Waals surface area contributed by atoms with Crippen LogP contribution in [0.3, 0.4) is 0 Å². The van der Waals surface area contributed by atoms with Gasteiger partial charge >= 0.3 is 29.6 Å². The smallest absolute Gasteiger partial charge is 1.00 e. The number of hydrogen-bond donors (Lipinski definition) is 1. The average Bonchev–Trinajstić information content (AvgIpc) is 1.88. The minimum absolute atomic E-state index is 0. The maximum atomic E-state index is 10.1. The van der Waals surface area contributed by atoms with Crippen LogP contribution in [0.25, 0.3) is 0 Å². The summed E-state index contributed by atoms with van der Waals surface area (Å²) in [5, 5.41) is 0. The Morgan fingerprint density at radius 3 is 2.36 bits per heavy atom. The van der Waals surface area contributed by atoms with Gasteiger partial charge in [0.25, 0.3) is 0 Å². The van der Waals surface area contributed by atoms with Gasteiger partial charge in [-0.2, -0.15) is 0 Å². The van der Waals surface area contributed by atoms with E-state index in [4.69, 9.17) is 0 Å². The first-order valence-electron chi connectivity index (χ1n) is 2.70. The van der Waals surface area contributed by atoms with Crippen molar-refractivity contribution in [1.82, 2.24) is 0 Å². The van der Waals surface area contributed by atoms with Crippen LogP contribution in [0.4, 0.5) is 5.69 Å². The SMILES string of the molecule is O=S([O-])Nc1ccccc1.[H-].[Na+]. The van der Waals surface area contributed by atoms with Crippen molar-refractivity contribution in [3.05, 3.63) is 30.3 Å². The number of hydrogen-bond acceptors (Lipinski definition) is 2. The van der Waals surface area contributed by atoms with E-state index < -0.39 is 11.3 Å². The van der Waals surface area contributed by atoms with Gasteiger partial charge < -0.3 is 10.7 Å². The molecule has 0 saturated carbocycles. The largest absolute Gasteiger partial charge is 1.00 e. The molecule has 5 heteroatoms. The first kappa shape index (κ1) is 11.1. The number of anilines is 1. The Balaban J connectivity index is 0. The summed E-state index contributed by atoms with van der Waals surface area (Å²) < 4.78 is 22.3. The Morgan fingerprint density at radius 2 is 1.91 bits per heavy atom. The molecule has 0 aliphatic rings. The van der Waals surface area contributed by atoms with Crippen LogP contribution in [0, 0.1) is 0 Å². The van der Waals surface area contributed by atoms with Crippen LogP contribution >= 0.6 is 0 Å². The van der Waals surface area contributed by atoms with Crippen LogP contribution < -0.4 is 34.3 Å². The maximum Gasteiger partial charge on any atom is 1.00 e. The fourth-order valence-corrected chi connectivity index (χ4v) is 0.931. The molecule has 0 aliphatic heterocycles. The molecule has 1 N–H and O–H groups in total. The van der Waals surface area contributed by atoms with Gasteiger partial charge in [0.05, 0.1) is 0 Å². The molecule has 11 heavy (non-hydrogen) atoms. The summed E-state index contributed by atoms with van der Waals surface area (Å²) in [4.78, 5) is 0. The summed E-state index contributed by atoms with van der Waals surface area (Å²) in [7, 11) is 0. The number of benzene rings is 1. The normalized spacial score (nSPS) is 11.4.